The van der Waals surface area contributed by atoms with Crippen LogP contribution in [0.4, 0.5) is 5.95 Å². The molecule has 0 spiro atoms. The zero-order chi connectivity index (χ0) is 20.0. The Labute approximate surface area is 176 Å². The van der Waals surface area contributed by atoms with Crippen molar-refractivity contribution in [3.05, 3.63) is 94.5 Å². The summed E-state index contributed by atoms with van der Waals surface area (Å²) in [5.74, 6) is 1.46. The molecule has 2 atom stereocenters. The Morgan fingerprint density at radius 3 is 2.34 bits per heavy atom. The molecule has 0 amide bonds. The highest BCUT2D eigenvalue weighted by atomic mass is 35.5. The number of halogens is 1. The van der Waals surface area contributed by atoms with E-state index < -0.39 is 0 Å². The van der Waals surface area contributed by atoms with E-state index >= 15 is 0 Å². The van der Waals surface area contributed by atoms with E-state index in [4.69, 9.17) is 16.6 Å². The van der Waals surface area contributed by atoms with E-state index in [0.29, 0.717) is 5.92 Å². The molecule has 5 rings (SSSR count). The van der Waals surface area contributed by atoms with E-state index in [1.54, 1.807) is 0 Å². The Morgan fingerprint density at radius 1 is 0.931 bits per heavy atom. The topological polar surface area (TPSA) is 29.9 Å². The van der Waals surface area contributed by atoms with Gasteiger partial charge in [0, 0.05) is 5.02 Å². The van der Waals surface area contributed by atoms with Crippen molar-refractivity contribution in [2.75, 3.05) is 5.32 Å². The van der Waals surface area contributed by atoms with Gasteiger partial charge in [-0.2, -0.15) is 0 Å². The number of rotatable bonds is 3. The van der Waals surface area contributed by atoms with Crippen molar-refractivity contribution in [1.29, 1.82) is 0 Å². The summed E-state index contributed by atoms with van der Waals surface area (Å²) in [7, 11) is 0. The van der Waals surface area contributed by atoms with Crippen LogP contribution in [0, 0.1) is 0 Å². The smallest absolute Gasteiger partial charge is 0.204 e. The number of anilines is 1. The number of hydrogen-bond donors (Lipinski definition) is 1. The average molecular weight is 402 g/mol. The molecule has 1 aromatic heterocycles. The Hall–Kier alpha value is -2.78. The van der Waals surface area contributed by atoms with E-state index in [1.165, 1.54) is 22.2 Å². The first kappa shape index (κ1) is 18.3. The van der Waals surface area contributed by atoms with Crippen LogP contribution in [0.5, 0.6) is 0 Å². The number of aromatic nitrogens is 2. The van der Waals surface area contributed by atoms with Crippen LogP contribution in [0.25, 0.3) is 11.0 Å². The molecule has 146 valence electrons. The van der Waals surface area contributed by atoms with Crippen molar-refractivity contribution < 1.29 is 0 Å². The van der Waals surface area contributed by atoms with Crippen molar-refractivity contribution in [3.63, 3.8) is 0 Å². The largest absolute Gasteiger partial charge is 0.349 e. The van der Waals surface area contributed by atoms with Crippen LogP contribution in [0.15, 0.2) is 72.8 Å². The summed E-state index contributed by atoms with van der Waals surface area (Å²) in [5.41, 5.74) is 6.11. The molecule has 3 aromatic carbocycles. The lowest BCUT2D eigenvalue weighted by atomic mass is 9.91. The third-order valence-corrected chi connectivity index (χ3v) is 6.18. The first-order valence-corrected chi connectivity index (χ1v) is 10.6. The number of nitrogens with one attached hydrogen (secondary N) is 1. The third kappa shape index (κ3) is 3.30. The molecule has 0 fully saturated rings. The maximum absolute atomic E-state index is 6.11. The standard InChI is InChI=1S/C25H24ClN3/c1-16(2)17-7-9-19(10-8-17)24-15-22(18-11-13-20(26)14-12-18)28-25-27-21-5-3-4-6-23(21)29(24)25/h3-14,16,22,24H,15H2,1-2H3,(H,27,28)/t22-,24+/m0/s1. The summed E-state index contributed by atoms with van der Waals surface area (Å²) in [5, 5.41) is 4.42. The Kier molecular flexibility index (Phi) is 4.56. The van der Waals surface area contributed by atoms with Gasteiger partial charge in [-0.05, 0) is 53.3 Å². The fourth-order valence-corrected chi connectivity index (χ4v) is 4.43. The van der Waals surface area contributed by atoms with Gasteiger partial charge in [-0.3, -0.25) is 0 Å². The van der Waals surface area contributed by atoms with Crippen molar-refractivity contribution in [2.45, 2.75) is 38.3 Å². The lowest BCUT2D eigenvalue weighted by Crippen LogP contribution is -2.27. The van der Waals surface area contributed by atoms with E-state index in [-0.39, 0.29) is 12.1 Å². The second-order valence-electron chi connectivity index (χ2n) is 8.12. The minimum absolute atomic E-state index is 0.186. The Bertz CT molecular complexity index is 1140. The maximum atomic E-state index is 6.11. The predicted octanol–water partition coefficient (Wildman–Crippen LogP) is 6.96. The van der Waals surface area contributed by atoms with Crippen LogP contribution >= 0.6 is 11.6 Å². The lowest BCUT2D eigenvalue weighted by molar-refractivity contribution is 0.477. The molecule has 1 aliphatic rings. The van der Waals surface area contributed by atoms with Crippen LogP contribution in [0.3, 0.4) is 0 Å². The van der Waals surface area contributed by atoms with E-state index in [9.17, 15) is 0 Å². The number of benzene rings is 3. The molecule has 1 aliphatic heterocycles. The highest BCUT2D eigenvalue weighted by Crippen LogP contribution is 2.41. The summed E-state index contributed by atoms with van der Waals surface area (Å²) >= 11 is 6.11. The van der Waals surface area contributed by atoms with Gasteiger partial charge in [0.1, 0.15) is 0 Å². The molecule has 0 bridgehead atoms. The molecule has 0 saturated heterocycles. The molecule has 0 radical (unpaired) electrons. The van der Waals surface area contributed by atoms with Crippen molar-refractivity contribution in [1.82, 2.24) is 9.55 Å². The van der Waals surface area contributed by atoms with Gasteiger partial charge in [-0.1, -0.05) is 74.0 Å². The quantitative estimate of drug-likeness (QED) is 0.402. The molecule has 4 aromatic rings. The molecule has 0 saturated carbocycles. The molecule has 1 N–H and O–H groups in total. The number of para-hydroxylation sites is 2. The van der Waals surface area contributed by atoms with E-state index in [1.807, 2.05) is 18.2 Å². The Balaban J connectivity index is 1.62. The highest BCUT2D eigenvalue weighted by molar-refractivity contribution is 6.30. The van der Waals surface area contributed by atoms with E-state index in [2.05, 4.69) is 78.3 Å². The third-order valence-electron chi connectivity index (χ3n) is 5.93. The van der Waals surface area contributed by atoms with Crippen LogP contribution < -0.4 is 5.32 Å². The van der Waals surface area contributed by atoms with Crippen molar-refractivity contribution >= 4 is 28.6 Å². The molecular formula is C25H24ClN3. The van der Waals surface area contributed by atoms with Gasteiger partial charge < -0.3 is 9.88 Å². The summed E-state index contributed by atoms with van der Waals surface area (Å²) in [6, 6.07) is 26.0. The number of nitrogens with zero attached hydrogens (tertiary/aromatic N) is 2. The number of hydrogen-bond acceptors (Lipinski definition) is 2. The highest BCUT2D eigenvalue weighted by Gasteiger charge is 2.30. The summed E-state index contributed by atoms with van der Waals surface area (Å²) in [4.78, 5) is 4.89. The lowest BCUT2D eigenvalue weighted by Gasteiger charge is -2.33. The minimum Gasteiger partial charge on any atom is -0.349 e. The molecule has 0 unspecified atom stereocenters. The zero-order valence-electron chi connectivity index (χ0n) is 16.6. The average Bonchev–Trinajstić information content (AvgIpc) is 3.12. The Morgan fingerprint density at radius 2 is 1.62 bits per heavy atom. The first-order chi connectivity index (χ1) is 14.1. The van der Waals surface area contributed by atoms with Gasteiger partial charge in [-0.25, -0.2) is 4.98 Å². The van der Waals surface area contributed by atoms with Gasteiger partial charge in [0.05, 0.1) is 23.1 Å². The van der Waals surface area contributed by atoms with Gasteiger partial charge in [0.2, 0.25) is 5.95 Å². The second-order valence-corrected chi connectivity index (χ2v) is 8.55. The van der Waals surface area contributed by atoms with Gasteiger partial charge in [0.15, 0.2) is 0 Å². The molecule has 29 heavy (non-hydrogen) atoms. The van der Waals surface area contributed by atoms with Crippen LogP contribution in [0.1, 0.15) is 55.0 Å². The normalized spacial score (nSPS) is 18.6. The van der Waals surface area contributed by atoms with Crippen LogP contribution in [-0.4, -0.2) is 9.55 Å². The molecular weight excluding hydrogens is 378 g/mol. The van der Waals surface area contributed by atoms with Crippen LogP contribution in [-0.2, 0) is 0 Å². The second kappa shape index (κ2) is 7.23. The molecule has 3 nitrogen and oxygen atoms in total. The minimum atomic E-state index is 0.186. The molecule has 2 heterocycles. The fourth-order valence-electron chi connectivity index (χ4n) is 4.31. The van der Waals surface area contributed by atoms with E-state index in [0.717, 1.165) is 22.9 Å². The van der Waals surface area contributed by atoms with Gasteiger partial charge in [-0.15, -0.1) is 0 Å². The monoisotopic (exact) mass is 401 g/mol. The SMILES string of the molecule is CC(C)c1ccc([C@H]2C[C@@H](c3ccc(Cl)cc3)Nc3nc4ccccc4n32)cc1. The van der Waals surface area contributed by atoms with Crippen LogP contribution in [0.2, 0.25) is 5.02 Å². The predicted molar refractivity (Wildman–Crippen MR) is 121 cm³/mol. The van der Waals surface area contributed by atoms with Crippen molar-refractivity contribution in [3.8, 4) is 0 Å². The fraction of sp³-hybridized carbons (Fsp3) is 0.240. The van der Waals surface area contributed by atoms with Crippen molar-refractivity contribution in [2.24, 2.45) is 0 Å². The number of fused-ring (bicyclic) bond motifs is 3. The van der Waals surface area contributed by atoms with Gasteiger partial charge in [0.25, 0.3) is 0 Å². The molecule has 0 aliphatic carbocycles. The maximum Gasteiger partial charge on any atom is 0.204 e. The molecule has 4 heteroatoms. The summed E-state index contributed by atoms with van der Waals surface area (Å²) in [6.07, 6.45) is 0.954. The zero-order valence-corrected chi connectivity index (χ0v) is 17.4. The first-order valence-electron chi connectivity index (χ1n) is 10.2. The summed E-state index contributed by atoms with van der Waals surface area (Å²) in [6.45, 7) is 4.47. The van der Waals surface area contributed by atoms with Gasteiger partial charge >= 0.3 is 0 Å². The number of imidazole rings is 1. The summed E-state index contributed by atoms with van der Waals surface area (Å²) < 4.78 is 2.35.